The van der Waals surface area contributed by atoms with Crippen molar-refractivity contribution in [3.8, 4) is 0 Å². The van der Waals surface area contributed by atoms with Crippen molar-refractivity contribution in [2.24, 2.45) is 0 Å². The number of benzene rings is 1. The van der Waals surface area contributed by atoms with Gasteiger partial charge in [0.15, 0.2) is 0 Å². The largest absolute Gasteiger partial charge is 0.385 e. The molecule has 4 heteroatoms. The number of hydrogen-bond donors (Lipinski definition) is 1. The molecule has 0 radical (unpaired) electrons. The molecule has 3 rings (SSSR count). The topological polar surface area (TPSA) is 35.6 Å². The SMILES string of the molecule is CN(CCN1CCCC1)C(=O)c1cccc2c1CCCN2. The number of fused-ring (bicyclic) bond motifs is 1. The van der Waals surface area contributed by atoms with Gasteiger partial charge < -0.3 is 15.1 Å². The average molecular weight is 287 g/mol. The number of anilines is 1. The van der Waals surface area contributed by atoms with Crippen LogP contribution >= 0.6 is 0 Å². The fourth-order valence-electron chi connectivity index (χ4n) is 3.32. The molecule has 0 spiro atoms. The van der Waals surface area contributed by atoms with E-state index in [2.05, 4.69) is 16.3 Å². The number of carbonyl (C=O) groups excluding carboxylic acids is 1. The van der Waals surface area contributed by atoms with E-state index in [0.717, 1.165) is 43.7 Å². The highest BCUT2D eigenvalue weighted by atomic mass is 16.2. The van der Waals surface area contributed by atoms with Crippen molar-refractivity contribution in [2.45, 2.75) is 25.7 Å². The lowest BCUT2D eigenvalue weighted by molar-refractivity contribution is 0.0781. The zero-order chi connectivity index (χ0) is 14.7. The van der Waals surface area contributed by atoms with Crippen molar-refractivity contribution >= 4 is 11.6 Å². The van der Waals surface area contributed by atoms with Crippen LogP contribution in [0.3, 0.4) is 0 Å². The summed E-state index contributed by atoms with van der Waals surface area (Å²) in [6.07, 6.45) is 4.71. The summed E-state index contributed by atoms with van der Waals surface area (Å²) >= 11 is 0. The third-order valence-corrected chi connectivity index (χ3v) is 4.62. The van der Waals surface area contributed by atoms with Gasteiger partial charge >= 0.3 is 0 Å². The van der Waals surface area contributed by atoms with Crippen molar-refractivity contribution in [2.75, 3.05) is 45.1 Å². The molecule has 0 saturated carbocycles. The Morgan fingerprint density at radius 1 is 1.29 bits per heavy atom. The van der Waals surface area contributed by atoms with E-state index in [0.29, 0.717) is 0 Å². The summed E-state index contributed by atoms with van der Waals surface area (Å²) in [5, 5.41) is 3.39. The summed E-state index contributed by atoms with van der Waals surface area (Å²) in [6, 6.07) is 6.04. The first-order valence-corrected chi connectivity index (χ1v) is 8.09. The molecule has 1 N–H and O–H groups in total. The van der Waals surface area contributed by atoms with E-state index >= 15 is 0 Å². The Kier molecular flexibility index (Phi) is 4.44. The quantitative estimate of drug-likeness (QED) is 0.922. The molecule has 1 amide bonds. The van der Waals surface area contributed by atoms with Crippen LogP contribution in [0.15, 0.2) is 18.2 Å². The number of amides is 1. The standard InChI is InChI=1S/C17H25N3O/c1-19(12-13-20-10-2-3-11-20)17(21)15-6-4-8-16-14(15)7-5-9-18-16/h4,6,8,18H,2-3,5,7,9-13H2,1H3. The second-order valence-electron chi connectivity index (χ2n) is 6.14. The maximum absolute atomic E-state index is 12.7. The van der Waals surface area contributed by atoms with Gasteiger partial charge in [-0.3, -0.25) is 4.79 Å². The van der Waals surface area contributed by atoms with Gasteiger partial charge in [-0.1, -0.05) is 6.07 Å². The highest BCUT2D eigenvalue weighted by Gasteiger charge is 2.20. The molecule has 0 aromatic heterocycles. The maximum atomic E-state index is 12.7. The van der Waals surface area contributed by atoms with Crippen molar-refractivity contribution in [1.82, 2.24) is 9.80 Å². The van der Waals surface area contributed by atoms with E-state index in [4.69, 9.17) is 0 Å². The van der Waals surface area contributed by atoms with E-state index in [-0.39, 0.29) is 5.91 Å². The van der Waals surface area contributed by atoms with Gasteiger partial charge in [0, 0.05) is 37.9 Å². The van der Waals surface area contributed by atoms with Gasteiger partial charge in [-0.2, -0.15) is 0 Å². The second-order valence-corrected chi connectivity index (χ2v) is 6.14. The molecule has 1 aromatic rings. The fraction of sp³-hybridized carbons (Fsp3) is 0.588. The molecule has 2 heterocycles. The molecule has 0 bridgehead atoms. The predicted molar refractivity (Wildman–Crippen MR) is 85.9 cm³/mol. The zero-order valence-electron chi connectivity index (χ0n) is 12.9. The summed E-state index contributed by atoms with van der Waals surface area (Å²) in [4.78, 5) is 17.0. The number of nitrogens with zero attached hydrogens (tertiary/aromatic N) is 2. The van der Waals surface area contributed by atoms with Gasteiger partial charge in [-0.25, -0.2) is 0 Å². The maximum Gasteiger partial charge on any atom is 0.253 e. The second kappa shape index (κ2) is 6.48. The minimum absolute atomic E-state index is 0.162. The molecule has 1 aromatic carbocycles. The van der Waals surface area contributed by atoms with Gasteiger partial charge in [-0.05, 0) is 56.5 Å². The Labute approximate surface area is 127 Å². The van der Waals surface area contributed by atoms with Crippen LogP contribution in [0.4, 0.5) is 5.69 Å². The molecular weight excluding hydrogens is 262 g/mol. The molecule has 0 aliphatic carbocycles. The summed E-state index contributed by atoms with van der Waals surface area (Å²) < 4.78 is 0. The Morgan fingerprint density at radius 3 is 2.90 bits per heavy atom. The van der Waals surface area contributed by atoms with Crippen LogP contribution in [0.1, 0.15) is 35.2 Å². The van der Waals surface area contributed by atoms with E-state index in [1.54, 1.807) is 0 Å². The number of likely N-dealkylation sites (N-methyl/N-ethyl adjacent to an activating group) is 1. The van der Waals surface area contributed by atoms with Gasteiger partial charge in [0.2, 0.25) is 0 Å². The summed E-state index contributed by atoms with van der Waals surface area (Å²) in [5.41, 5.74) is 3.21. The van der Waals surface area contributed by atoms with Crippen LogP contribution in [-0.4, -0.2) is 55.5 Å². The Hall–Kier alpha value is -1.55. The molecule has 4 nitrogen and oxygen atoms in total. The molecule has 0 unspecified atom stereocenters. The predicted octanol–water partition coefficient (Wildman–Crippen LogP) is 2.21. The monoisotopic (exact) mass is 287 g/mol. The smallest absolute Gasteiger partial charge is 0.253 e. The lowest BCUT2D eigenvalue weighted by atomic mass is 9.97. The van der Waals surface area contributed by atoms with Gasteiger partial charge in [0.1, 0.15) is 0 Å². The van der Waals surface area contributed by atoms with E-state index < -0.39 is 0 Å². The number of nitrogens with one attached hydrogen (secondary N) is 1. The van der Waals surface area contributed by atoms with Crippen LogP contribution in [0, 0.1) is 0 Å². The fourth-order valence-corrected chi connectivity index (χ4v) is 3.32. The first-order chi connectivity index (χ1) is 10.3. The average Bonchev–Trinajstić information content (AvgIpc) is 3.05. The molecule has 2 aliphatic heterocycles. The number of hydrogen-bond acceptors (Lipinski definition) is 3. The van der Waals surface area contributed by atoms with Gasteiger partial charge in [-0.15, -0.1) is 0 Å². The molecule has 114 valence electrons. The molecule has 21 heavy (non-hydrogen) atoms. The van der Waals surface area contributed by atoms with Gasteiger partial charge in [0.05, 0.1) is 0 Å². The number of carbonyl (C=O) groups is 1. The first-order valence-electron chi connectivity index (χ1n) is 8.09. The van der Waals surface area contributed by atoms with Crippen molar-refractivity contribution in [3.05, 3.63) is 29.3 Å². The summed E-state index contributed by atoms with van der Waals surface area (Å²) in [5.74, 6) is 0.162. The van der Waals surface area contributed by atoms with Crippen molar-refractivity contribution in [1.29, 1.82) is 0 Å². The van der Waals surface area contributed by atoms with E-state index in [1.807, 2.05) is 24.1 Å². The highest BCUT2D eigenvalue weighted by Crippen LogP contribution is 2.26. The van der Waals surface area contributed by atoms with Crippen molar-refractivity contribution < 1.29 is 4.79 Å². The Morgan fingerprint density at radius 2 is 2.10 bits per heavy atom. The lowest BCUT2D eigenvalue weighted by Gasteiger charge is -2.25. The van der Waals surface area contributed by atoms with Crippen molar-refractivity contribution in [3.63, 3.8) is 0 Å². The number of likely N-dealkylation sites (tertiary alicyclic amines) is 1. The van der Waals surface area contributed by atoms with E-state index in [9.17, 15) is 4.79 Å². The number of rotatable bonds is 4. The van der Waals surface area contributed by atoms with Crippen LogP contribution in [0.2, 0.25) is 0 Å². The minimum atomic E-state index is 0.162. The summed E-state index contributed by atoms with van der Waals surface area (Å²) in [7, 11) is 1.92. The lowest BCUT2D eigenvalue weighted by Crippen LogP contribution is -2.35. The van der Waals surface area contributed by atoms with Crippen LogP contribution < -0.4 is 5.32 Å². The Balaban J connectivity index is 1.66. The molecule has 1 saturated heterocycles. The molecule has 1 fully saturated rings. The van der Waals surface area contributed by atoms with Gasteiger partial charge in [0.25, 0.3) is 5.91 Å². The summed E-state index contributed by atoms with van der Waals surface area (Å²) in [6.45, 7) is 5.19. The Bertz CT molecular complexity index is 509. The normalized spacial score (nSPS) is 18.1. The highest BCUT2D eigenvalue weighted by molar-refractivity contribution is 5.97. The van der Waals surface area contributed by atoms with Crippen LogP contribution in [-0.2, 0) is 6.42 Å². The minimum Gasteiger partial charge on any atom is -0.385 e. The molecule has 0 atom stereocenters. The van der Waals surface area contributed by atoms with Crippen LogP contribution in [0.25, 0.3) is 0 Å². The molecular formula is C17H25N3O. The third kappa shape index (κ3) is 3.21. The zero-order valence-corrected chi connectivity index (χ0v) is 12.9. The molecule has 2 aliphatic rings. The van der Waals surface area contributed by atoms with Crippen LogP contribution in [0.5, 0.6) is 0 Å². The third-order valence-electron chi connectivity index (χ3n) is 4.62. The first kappa shape index (κ1) is 14.4. The van der Waals surface area contributed by atoms with E-state index in [1.165, 1.54) is 31.5 Å².